The third kappa shape index (κ3) is 3.55. The second-order valence-electron chi connectivity index (χ2n) is 8.14. The van der Waals surface area contributed by atoms with E-state index < -0.39 is 0 Å². The molecule has 6 rings (SSSR count). The van der Waals surface area contributed by atoms with Gasteiger partial charge in [0.2, 0.25) is 5.91 Å². The van der Waals surface area contributed by atoms with E-state index in [9.17, 15) is 4.79 Å². The van der Waals surface area contributed by atoms with E-state index in [2.05, 4.69) is 15.6 Å². The highest BCUT2D eigenvalue weighted by atomic mass is 32.1. The van der Waals surface area contributed by atoms with Gasteiger partial charge >= 0.3 is 0 Å². The van der Waals surface area contributed by atoms with Crippen LogP contribution in [-0.2, 0) is 17.6 Å². The fraction of sp³-hybridized carbons (Fsp3) is 0.250. The number of pyridine rings is 1. The summed E-state index contributed by atoms with van der Waals surface area (Å²) in [5.74, 6) is 1.82. The van der Waals surface area contributed by atoms with Gasteiger partial charge in [-0.3, -0.25) is 9.78 Å². The molecule has 4 aromatic rings. The largest absolute Gasteiger partial charge is 0.340 e. The van der Waals surface area contributed by atoms with Gasteiger partial charge in [0.15, 0.2) is 5.82 Å². The van der Waals surface area contributed by atoms with Crippen LogP contribution in [0.2, 0.25) is 0 Å². The topological polar surface area (TPSA) is 79.8 Å². The molecular formula is C24H21N5OS. The Morgan fingerprint density at radius 1 is 1.03 bits per heavy atom. The quantitative estimate of drug-likeness (QED) is 0.450. The van der Waals surface area contributed by atoms with Crippen LogP contribution < -0.4 is 10.6 Å². The Hall–Kier alpha value is -3.32. The number of fused-ring (bicyclic) bond motifs is 3. The summed E-state index contributed by atoms with van der Waals surface area (Å²) in [4.78, 5) is 28.4. The van der Waals surface area contributed by atoms with Crippen LogP contribution in [0.4, 0.5) is 17.2 Å². The molecule has 3 aromatic heterocycles. The molecule has 154 valence electrons. The molecular weight excluding hydrogens is 406 g/mol. The zero-order chi connectivity index (χ0) is 20.8. The average Bonchev–Trinajstić information content (AvgIpc) is 3.45. The Morgan fingerprint density at radius 3 is 2.65 bits per heavy atom. The van der Waals surface area contributed by atoms with Gasteiger partial charge in [-0.1, -0.05) is 0 Å². The van der Waals surface area contributed by atoms with Crippen molar-refractivity contribution in [1.82, 2.24) is 15.0 Å². The van der Waals surface area contributed by atoms with Crippen LogP contribution in [0.25, 0.3) is 21.6 Å². The smallest absolute Gasteiger partial charge is 0.227 e. The molecule has 0 aliphatic heterocycles. The van der Waals surface area contributed by atoms with Crippen LogP contribution in [0.1, 0.15) is 29.7 Å². The van der Waals surface area contributed by atoms with Gasteiger partial charge in [0.1, 0.15) is 10.6 Å². The minimum Gasteiger partial charge on any atom is -0.340 e. The highest BCUT2D eigenvalue weighted by molar-refractivity contribution is 7.19. The number of carbonyl (C=O) groups excluding carboxylic acids is 1. The van der Waals surface area contributed by atoms with Crippen molar-refractivity contribution in [3.63, 3.8) is 0 Å². The van der Waals surface area contributed by atoms with Gasteiger partial charge in [0.05, 0.1) is 5.39 Å². The monoisotopic (exact) mass is 427 g/mol. The highest BCUT2D eigenvalue weighted by Gasteiger charge is 2.29. The summed E-state index contributed by atoms with van der Waals surface area (Å²) in [6.07, 6.45) is 8.93. The van der Waals surface area contributed by atoms with E-state index in [-0.39, 0.29) is 11.8 Å². The fourth-order valence-corrected chi connectivity index (χ4v) is 5.34. The second-order valence-corrected chi connectivity index (χ2v) is 9.22. The van der Waals surface area contributed by atoms with E-state index in [4.69, 9.17) is 9.97 Å². The van der Waals surface area contributed by atoms with Crippen LogP contribution in [0.5, 0.6) is 0 Å². The third-order valence-electron chi connectivity index (χ3n) is 5.85. The van der Waals surface area contributed by atoms with Crippen molar-refractivity contribution < 1.29 is 4.79 Å². The van der Waals surface area contributed by atoms with Gasteiger partial charge in [0, 0.05) is 40.1 Å². The predicted octanol–water partition coefficient (Wildman–Crippen LogP) is 5.33. The van der Waals surface area contributed by atoms with Crippen LogP contribution in [-0.4, -0.2) is 20.9 Å². The molecule has 0 bridgehead atoms. The molecule has 0 spiro atoms. The molecule has 2 aliphatic carbocycles. The highest BCUT2D eigenvalue weighted by Crippen LogP contribution is 2.41. The lowest BCUT2D eigenvalue weighted by atomic mass is 10.1. The lowest BCUT2D eigenvalue weighted by Gasteiger charge is -2.11. The van der Waals surface area contributed by atoms with Gasteiger partial charge in [-0.25, -0.2) is 9.97 Å². The maximum atomic E-state index is 12.0. The summed E-state index contributed by atoms with van der Waals surface area (Å²) in [5.41, 5.74) is 4.04. The molecule has 0 unspecified atom stereocenters. The van der Waals surface area contributed by atoms with Crippen molar-refractivity contribution in [2.24, 2.45) is 5.92 Å². The van der Waals surface area contributed by atoms with Gasteiger partial charge in [-0.2, -0.15) is 0 Å². The van der Waals surface area contributed by atoms with Crippen molar-refractivity contribution in [2.45, 2.75) is 32.1 Å². The molecule has 6 nitrogen and oxygen atoms in total. The maximum absolute atomic E-state index is 12.0. The van der Waals surface area contributed by atoms with Crippen molar-refractivity contribution in [3.8, 4) is 11.4 Å². The number of nitrogens with one attached hydrogen (secondary N) is 2. The van der Waals surface area contributed by atoms with Gasteiger partial charge in [0.25, 0.3) is 0 Å². The number of anilines is 3. The number of nitrogens with zero attached hydrogens (tertiary/aromatic N) is 3. The van der Waals surface area contributed by atoms with Crippen LogP contribution in [0.15, 0.2) is 48.8 Å². The van der Waals surface area contributed by atoms with E-state index in [1.54, 1.807) is 23.7 Å². The number of aryl methyl sites for hydroxylation is 2. The zero-order valence-corrected chi connectivity index (χ0v) is 17.7. The van der Waals surface area contributed by atoms with Crippen LogP contribution >= 0.6 is 11.3 Å². The number of hydrogen-bond donors (Lipinski definition) is 2. The lowest BCUT2D eigenvalue weighted by Crippen LogP contribution is -2.13. The molecule has 0 atom stereocenters. The lowest BCUT2D eigenvalue weighted by molar-refractivity contribution is -0.117. The number of rotatable bonds is 5. The number of amides is 1. The molecule has 0 radical (unpaired) electrons. The van der Waals surface area contributed by atoms with Crippen molar-refractivity contribution >= 4 is 44.7 Å². The summed E-state index contributed by atoms with van der Waals surface area (Å²) in [5, 5.41) is 7.63. The molecule has 31 heavy (non-hydrogen) atoms. The van der Waals surface area contributed by atoms with Crippen molar-refractivity contribution in [2.75, 3.05) is 10.6 Å². The predicted molar refractivity (Wildman–Crippen MR) is 124 cm³/mol. The fourth-order valence-electron chi connectivity index (χ4n) is 4.07. The summed E-state index contributed by atoms with van der Waals surface area (Å²) in [7, 11) is 0. The van der Waals surface area contributed by atoms with Gasteiger partial charge in [-0.15, -0.1) is 11.3 Å². The first-order valence-electron chi connectivity index (χ1n) is 10.7. The molecule has 1 fully saturated rings. The van der Waals surface area contributed by atoms with E-state index >= 15 is 0 Å². The summed E-state index contributed by atoms with van der Waals surface area (Å²) in [6, 6.07) is 11.7. The minimum absolute atomic E-state index is 0.119. The molecule has 7 heteroatoms. The number of thiophene rings is 1. The maximum Gasteiger partial charge on any atom is 0.227 e. The third-order valence-corrected chi connectivity index (χ3v) is 7.03. The first-order valence-corrected chi connectivity index (χ1v) is 11.5. The number of benzene rings is 1. The Bertz CT molecular complexity index is 1280. The molecule has 1 saturated carbocycles. The minimum atomic E-state index is 0.119. The Labute approximate surface area is 183 Å². The van der Waals surface area contributed by atoms with E-state index in [0.29, 0.717) is 5.82 Å². The zero-order valence-electron chi connectivity index (χ0n) is 16.9. The Kier molecular flexibility index (Phi) is 4.42. The van der Waals surface area contributed by atoms with E-state index in [1.165, 1.54) is 16.9 Å². The molecule has 1 amide bonds. The normalized spacial score (nSPS) is 15.1. The molecule has 2 N–H and O–H groups in total. The average molecular weight is 428 g/mol. The SMILES string of the molecule is O=C(Nc1ccc(Nc2nc(-c3cccnc3)nc3sc4c(c23)CCC4)cc1)C1CC1. The molecule has 3 heterocycles. The van der Waals surface area contributed by atoms with E-state index in [0.717, 1.165) is 58.7 Å². The summed E-state index contributed by atoms with van der Waals surface area (Å²) < 4.78 is 0. The standard InChI is InChI=1S/C24H21N5OS/c30-23(14-6-7-14)27-17-10-8-16(9-11-17)26-22-20-18-4-1-5-19(18)31-24(20)29-21(28-22)15-3-2-12-25-13-15/h2-3,8-14H,1,4-7H2,(H,27,30)(H,26,28,29). The Balaban J connectivity index is 1.36. The Morgan fingerprint density at radius 2 is 1.87 bits per heavy atom. The molecule has 2 aliphatic rings. The van der Waals surface area contributed by atoms with Crippen molar-refractivity contribution in [3.05, 3.63) is 59.2 Å². The summed E-state index contributed by atoms with van der Waals surface area (Å²) in [6.45, 7) is 0. The number of aromatic nitrogens is 3. The van der Waals surface area contributed by atoms with Gasteiger partial charge in [-0.05, 0) is 74.1 Å². The molecule has 0 saturated heterocycles. The summed E-state index contributed by atoms with van der Waals surface area (Å²) >= 11 is 1.78. The van der Waals surface area contributed by atoms with Crippen LogP contribution in [0.3, 0.4) is 0 Å². The van der Waals surface area contributed by atoms with Crippen molar-refractivity contribution in [1.29, 1.82) is 0 Å². The first-order chi connectivity index (χ1) is 15.2. The molecule has 1 aromatic carbocycles. The van der Waals surface area contributed by atoms with E-state index in [1.807, 2.05) is 36.4 Å². The number of carbonyl (C=O) groups is 1. The van der Waals surface area contributed by atoms with Gasteiger partial charge < -0.3 is 10.6 Å². The van der Waals surface area contributed by atoms with Crippen LogP contribution in [0, 0.1) is 5.92 Å². The second kappa shape index (κ2) is 7.42. The first kappa shape index (κ1) is 18.4. The number of hydrogen-bond acceptors (Lipinski definition) is 6.